The molecule has 1 N–H and O–H groups in total. The second kappa shape index (κ2) is 7.19. The summed E-state index contributed by atoms with van der Waals surface area (Å²) in [5.41, 5.74) is 1.64. The Balaban J connectivity index is 0.000000583. The van der Waals surface area contributed by atoms with Gasteiger partial charge in [0, 0.05) is 19.6 Å². The smallest absolute Gasteiger partial charge is 0.290 e. The zero-order valence-electron chi connectivity index (χ0n) is 8.37. The van der Waals surface area contributed by atoms with Crippen molar-refractivity contribution in [1.29, 1.82) is 0 Å². The minimum absolute atomic E-state index is 0.250. The Hall–Kier alpha value is -2.24. The number of hydrogen-bond donors (Lipinski definition) is 1. The van der Waals surface area contributed by atoms with Crippen molar-refractivity contribution in [3.05, 3.63) is 24.0 Å². The molecule has 0 fully saturated rings. The number of hydrogen-bond acceptors (Lipinski definition) is 5. The summed E-state index contributed by atoms with van der Waals surface area (Å²) in [5.74, 6) is 0. The molecule has 1 heterocycles. The molecule has 0 aliphatic rings. The van der Waals surface area contributed by atoms with Crippen LogP contribution in [0.2, 0.25) is 0 Å². The first-order valence-electron chi connectivity index (χ1n) is 3.94. The topological polar surface area (TPSA) is 78.2 Å². The van der Waals surface area contributed by atoms with Gasteiger partial charge in [0.05, 0.1) is 5.69 Å². The molecule has 80 valence electrons. The average Bonchev–Trinajstić information content (AvgIpc) is 2.24. The second-order valence-electron chi connectivity index (χ2n) is 2.29. The van der Waals surface area contributed by atoms with E-state index in [-0.39, 0.29) is 6.47 Å². The Morgan fingerprint density at radius 2 is 2.07 bits per heavy atom. The van der Waals surface area contributed by atoms with Crippen LogP contribution in [-0.4, -0.2) is 30.0 Å². The third kappa shape index (κ3) is 3.99. The zero-order valence-corrected chi connectivity index (χ0v) is 8.37. The molecule has 1 aromatic rings. The van der Waals surface area contributed by atoms with Crippen molar-refractivity contribution in [2.45, 2.75) is 6.92 Å². The fraction of sp³-hybridized carbons (Fsp3) is 0.111. The summed E-state index contributed by atoms with van der Waals surface area (Å²) in [5, 5.41) is 15.5. The van der Waals surface area contributed by atoms with Crippen LogP contribution in [-0.2, 0) is 4.79 Å². The summed E-state index contributed by atoms with van der Waals surface area (Å²) >= 11 is 0. The van der Waals surface area contributed by atoms with E-state index >= 15 is 0 Å². The van der Waals surface area contributed by atoms with Crippen LogP contribution in [0.3, 0.4) is 0 Å². The highest BCUT2D eigenvalue weighted by molar-refractivity contribution is 5.51. The monoisotopic (exact) mass is 208 g/mol. The third-order valence-electron chi connectivity index (χ3n) is 1.46. The van der Waals surface area contributed by atoms with E-state index in [1.807, 2.05) is 19.1 Å². The van der Waals surface area contributed by atoms with Gasteiger partial charge in [-0.2, -0.15) is 15.3 Å². The van der Waals surface area contributed by atoms with Gasteiger partial charge in [0.2, 0.25) is 0 Å². The highest BCUT2D eigenvalue weighted by Crippen LogP contribution is 2.16. The molecule has 0 radical (unpaired) electrons. The van der Waals surface area contributed by atoms with E-state index in [9.17, 15) is 0 Å². The standard InChI is InChI=1S/C8H10N4.CH2O2/c1-7-8(5-4-6-11-7)12(9-2)10-3;2-1-3/h4-6H,2-3H2,1H3;1H,(H,2,3). The number of aryl methyl sites for hydroxylation is 1. The van der Waals surface area contributed by atoms with Crippen molar-refractivity contribution >= 4 is 25.6 Å². The van der Waals surface area contributed by atoms with E-state index in [0.717, 1.165) is 11.4 Å². The summed E-state index contributed by atoms with van der Waals surface area (Å²) in [4.78, 5) is 12.4. The number of aromatic nitrogens is 1. The van der Waals surface area contributed by atoms with Crippen LogP contribution in [0.1, 0.15) is 5.69 Å². The van der Waals surface area contributed by atoms with E-state index in [1.54, 1.807) is 6.20 Å². The maximum atomic E-state index is 8.36. The maximum absolute atomic E-state index is 8.36. The SMILES string of the molecule is C=NN(N=C)c1cccnc1C.O=CO. The van der Waals surface area contributed by atoms with Gasteiger partial charge in [-0.15, -0.1) is 0 Å². The van der Waals surface area contributed by atoms with Crippen LogP contribution in [0.25, 0.3) is 0 Å². The lowest BCUT2D eigenvalue weighted by Crippen LogP contribution is -2.07. The molecule has 1 rings (SSSR count). The number of nitrogens with zero attached hydrogens (tertiary/aromatic N) is 4. The molecule has 6 heteroatoms. The van der Waals surface area contributed by atoms with Crippen LogP contribution < -0.4 is 5.12 Å². The Labute approximate surface area is 87.6 Å². The predicted octanol–water partition coefficient (Wildman–Crippen LogP) is 1.13. The van der Waals surface area contributed by atoms with Crippen molar-refractivity contribution in [3.8, 4) is 0 Å². The first kappa shape index (κ1) is 12.8. The van der Waals surface area contributed by atoms with Gasteiger partial charge in [0.15, 0.2) is 0 Å². The van der Waals surface area contributed by atoms with Crippen LogP contribution in [0.15, 0.2) is 28.5 Å². The summed E-state index contributed by atoms with van der Waals surface area (Å²) in [6.45, 7) is 8.35. The van der Waals surface area contributed by atoms with Gasteiger partial charge in [-0.3, -0.25) is 9.78 Å². The number of hydrazone groups is 2. The molecule has 6 nitrogen and oxygen atoms in total. The fourth-order valence-corrected chi connectivity index (χ4v) is 0.884. The quantitative estimate of drug-likeness (QED) is 0.458. The molecule has 1 aromatic heterocycles. The Morgan fingerprint density at radius 3 is 2.47 bits per heavy atom. The van der Waals surface area contributed by atoms with Gasteiger partial charge in [0.1, 0.15) is 5.69 Å². The highest BCUT2D eigenvalue weighted by Gasteiger charge is 2.03. The Morgan fingerprint density at radius 1 is 1.53 bits per heavy atom. The van der Waals surface area contributed by atoms with Crippen LogP contribution >= 0.6 is 0 Å². The largest absolute Gasteiger partial charge is 0.483 e. The van der Waals surface area contributed by atoms with Crippen LogP contribution in [0, 0.1) is 6.92 Å². The van der Waals surface area contributed by atoms with Crippen molar-refractivity contribution in [1.82, 2.24) is 4.98 Å². The molecule has 0 bridgehead atoms. The number of pyridine rings is 1. The normalized spacial score (nSPS) is 8.07. The molecule has 0 atom stereocenters. The molecule has 0 spiro atoms. The van der Waals surface area contributed by atoms with E-state index in [4.69, 9.17) is 9.90 Å². The minimum atomic E-state index is -0.250. The molecular weight excluding hydrogens is 196 g/mol. The average molecular weight is 208 g/mol. The minimum Gasteiger partial charge on any atom is -0.483 e. The Kier molecular flexibility index (Phi) is 6.12. The number of rotatable bonds is 3. The van der Waals surface area contributed by atoms with Gasteiger partial charge in [-0.25, -0.2) is 0 Å². The molecule has 15 heavy (non-hydrogen) atoms. The molecule has 0 saturated heterocycles. The lowest BCUT2D eigenvalue weighted by atomic mass is 10.3. The van der Waals surface area contributed by atoms with Crippen molar-refractivity contribution in [2.75, 3.05) is 5.12 Å². The summed E-state index contributed by atoms with van der Waals surface area (Å²) in [6, 6.07) is 3.66. The van der Waals surface area contributed by atoms with Crippen molar-refractivity contribution in [2.24, 2.45) is 10.2 Å². The Bertz CT molecular complexity index is 333. The lowest BCUT2D eigenvalue weighted by Gasteiger charge is -2.12. The first-order chi connectivity index (χ1) is 7.21. The van der Waals surface area contributed by atoms with Crippen molar-refractivity contribution < 1.29 is 9.90 Å². The second-order valence-corrected chi connectivity index (χ2v) is 2.29. The van der Waals surface area contributed by atoms with Gasteiger partial charge in [-0.05, 0) is 19.1 Å². The van der Waals surface area contributed by atoms with E-state index in [1.165, 1.54) is 5.12 Å². The van der Waals surface area contributed by atoms with Gasteiger partial charge in [-0.1, -0.05) is 0 Å². The van der Waals surface area contributed by atoms with Crippen LogP contribution in [0.4, 0.5) is 5.69 Å². The first-order valence-corrected chi connectivity index (χ1v) is 3.94. The fourth-order valence-electron chi connectivity index (χ4n) is 0.884. The highest BCUT2D eigenvalue weighted by atomic mass is 16.3. The lowest BCUT2D eigenvalue weighted by molar-refractivity contribution is -0.122. The maximum Gasteiger partial charge on any atom is 0.290 e. The van der Waals surface area contributed by atoms with Crippen molar-refractivity contribution in [3.63, 3.8) is 0 Å². The molecule has 0 unspecified atom stereocenters. The van der Waals surface area contributed by atoms with Gasteiger partial charge >= 0.3 is 0 Å². The number of carbonyl (C=O) groups is 1. The van der Waals surface area contributed by atoms with E-state index < -0.39 is 0 Å². The molecule has 0 amide bonds. The van der Waals surface area contributed by atoms with Gasteiger partial charge < -0.3 is 5.11 Å². The van der Waals surface area contributed by atoms with E-state index in [2.05, 4.69) is 28.6 Å². The molecule has 0 aromatic carbocycles. The van der Waals surface area contributed by atoms with Crippen LogP contribution in [0.5, 0.6) is 0 Å². The summed E-state index contributed by atoms with van der Waals surface area (Å²) < 4.78 is 0. The predicted molar refractivity (Wildman–Crippen MR) is 59.2 cm³/mol. The molecule has 0 aliphatic carbocycles. The number of anilines is 1. The number of carboxylic acid groups (broad SMARTS) is 1. The molecular formula is C9H12N4O2. The van der Waals surface area contributed by atoms with E-state index in [0.29, 0.717) is 0 Å². The summed E-state index contributed by atoms with van der Waals surface area (Å²) in [7, 11) is 0. The van der Waals surface area contributed by atoms with Gasteiger partial charge in [0.25, 0.3) is 6.47 Å². The zero-order chi connectivity index (χ0) is 11.7. The summed E-state index contributed by atoms with van der Waals surface area (Å²) in [6.07, 6.45) is 1.71. The molecule has 0 aliphatic heterocycles. The molecule has 0 saturated carbocycles. The third-order valence-corrected chi connectivity index (χ3v) is 1.46.